The number of aromatic amines is 1. The summed E-state index contributed by atoms with van der Waals surface area (Å²) in [5, 5.41) is 5.57. The normalized spacial score (nSPS) is 11.0. The van der Waals surface area contributed by atoms with E-state index in [9.17, 15) is 14.0 Å². The summed E-state index contributed by atoms with van der Waals surface area (Å²) < 4.78 is 13.8. The van der Waals surface area contributed by atoms with Crippen LogP contribution in [-0.2, 0) is 6.42 Å². The van der Waals surface area contributed by atoms with Crippen LogP contribution in [0.4, 0.5) is 15.8 Å². The molecule has 32 heavy (non-hydrogen) atoms. The summed E-state index contributed by atoms with van der Waals surface area (Å²) in [7, 11) is 0. The highest BCUT2D eigenvalue weighted by molar-refractivity contribution is 6.10. The van der Waals surface area contributed by atoms with Crippen molar-refractivity contribution in [3.8, 4) is 0 Å². The van der Waals surface area contributed by atoms with Crippen molar-refractivity contribution in [2.75, 3.05) is 5.32 Å². The van der Waals surface area contributed by atoms with E-state index in [0.29, 0.717) is 11.0 Å². The van der Waals surface area contributed by atoms with E-state index in [1.807, 2.05) is 48.5 Å². The van der Waals surface area contributed by atoms with Crippen molar-refractivity contribution in [2.24, 2.45) is 0 Å². The molecular formula is C25H17FN4O2. The molecule has 0 atom stereocenters. The van der Waals surface area contributed by atoms with Crippen LogP contribution < -0.4 is 10.9 Å². The van der Waals surface area contributed by atoms with E-state index in [0.717, 1.165) is 27.7 Å². The molecule has 0 aliphatic heterocycles. The van der Waals surface area contributed by atoms with Crippen molar-refractivity contribution < 1.29 is 9.18 Å². The summed E-state index contributed by atoms with van der Waals surface area (Å²) in [6.07, 6.45) is 3.08. The Morgan fingerprint density at radius 2 is 1.69 bits per heavy atom. The lowest BCUT2D eigenvalue weighted by atomic mass is 10.1. The zero-order chi connectivity index (χ0) is 22.1. The van der Waals surface area contributed by atoms with Gasteiger partial charge in [0, 0.05) is 40.7 Å². The number of pyridine rings is 3. The van der Waals surface area contributed by atoms with Crippen molar-refractivity contribution in [3.63, 3.8) is 0 Å². The third-order valence-corrected chi connectivity index (χ3v) is 5.24. The highest BCUT2D eigenvalue weighted by Gasteiger charge is 2.14. The number of ketones is 1. The summed E-state index contributed by atoms with van der Waals surface area (Å²) >= 11 is 0. The Bertz CT molecular complexity index is 1530. The Hall–Kier alpha value is -4.39. The minimum Gasteiger partial charge on any atom is -0.355 e. The lowest BCUT2D eigenvalue weighted by Crippen LogP contribution is -2.08. The van der Waals surface area contributed by atoms with Crippen LogP contribution in [0.2, 0.25) is 0 Å². The standard InChI is InChI=1S/C25H17FN4O2/c26-19-6-3-12-27-23(19)21(31)14-15-7-9-16(10-8-15)29-20-11-13-28-24-22(20)17-4-1-2-5-18(17)25(32)30-24/h1-13H,14H2,(H2,28,29,30,32). The Labute approximate surface area is 181 Å². The van der Waals surface area contributed by atoms with E-state index in [2.05, 4.69) is 20.3 Å². The van der Waals surface area contributed by atoms with Crippen molar-refractivity contribution in [2.45, 2.75) is 6.42 Å². The first-order chi connectivity index (χ1) is 15.6. The second-order valence-corrected chi connectivity index (χ2v) is 7.34. The molecule has 0 saturated heterocycles. The molecule has 0 aliphatic rings. The fourth-order valence-electron chi connectivity index (χ4n) is 3.73. The second kappa shape index (κ2) is 8.03. The van der Waals surface area contributed by atoms with E-state index in [1.54, 1.807) is 12.3 Å². The molecule has 2 aromatic carbocycles. The van der Waals surface area contributed by atoms with Crippen LogP contribution in [0.25, 0.3) is 21.8 Å². The van der Waals surface area contributed by atoms with E-state index < -0.39 is 5.82 Å². The zero-order valence-corrected chi connectivity index (χ0v) is 16.8. The maximum Gasteiger partial charge on any atom is 0.257 e. The molecule has 2 N–H and O–H groups in total. The number of hydrogen-bond donors (Lipinski definition) is 2. The highest BCUT2D eigenvalue weighted by atomic mass is 19.1. The Morgan fingerprint density at radius 3 is 2.47 bits per heavy atom. The van der Waals surface area contributed by atoms with E-state index in [4.69, 9.17) is 0 Å². The van der Waals surface area contributed by atoms with Crippen molar-refractivity contribution in [1.29, 1.82) is 0 Å². The molecule has 0 amide bonds. The Morgan fingerprint density at radius 1 is 0.906 bits per heavy atom. The van der Waals surface area contributed by atoms with E-state index in [1.165, 1.54) is 18.3 Å². The molecule has 5 aromatic rings. The molecule has 156 valence electrons. The van der Waals surface area contributed by atoms with Gasteiger partial charge in [0.25, 0.3) is 5.56 Å². The van der Waals surface area contributed by atoms with Crippen LogP contribution in [0, 0.1) is 5.82 Å². The fraction of sp³-hybridized carbons (Fsp3) is 0.0400. The maximum atomic E-state index is 13.8. The van der Waals surface area contributed by atoms with E-state index in [-0.39, 0.29) is 23.5 Å². The summed E-state index contributed by atoms with van der Waals surface area (Å²) in [6.45, 7) is 0. The average Bonchev–Trinajstić information content (AvgIpc) is 2.81. The zero-order valence-electron chi connectivity index (χ0n) is 16.8. The molecule has 3 aromatic heterocycles. The minimum atomic E-state index is -0.620. The molecule has 7 heteroatoms. The monoisotopic (exact) mass is 424 g/mol. The predicted molar refractivity (Wildman–Crippen MR) is 122 cm³/mol. The number of Topliss-reactive ketones (excluding diaryl/α,β-unsaturated/α-hetero) is 1. The second-order valence-electron chi connectivity index (χ2n) is 7.34. The quantitative estimate of drug-likeness (QED) is 0.313. The minimum absolute atomic E-state index is 0.0538. The number of aromatic nitrogens is 3. The van der Waals surface area contributed by atoms with Crippen molar-refractivity contribution >= 4 is 39.0 Å². The summed E-state index contributed by atoms with van der Waals surface area (Å²) in [5.41, 5.74) is 2.50. The molecule has 0 fully saturated rings. The number of carbonyl (C=O) groups is 1. The molecule has 0 radical (unpaired) electrons. The molecule has 0 aliphatic carbocycles. The summed E-state index contributed by atoms with van der Waals surface area (Å²) in [5.74, 6) is -0.995. The van der Waals surface area contributed by atoms with Crippen LogP contribution in [0.1, 0.15) is 16.1 Å². The number of anilines is 2. The number of fused-ring (bicyclic) bond motifs is 3. The van der Waals surface area contributed by atoms with Gasteiger partial charge in [-0.25, -0.2) is 9.37 Å². The fourth-order valence-corrected chi connectivity index (χ4v) is 3.73. The topological polar surface area (TPSA) is 87.7 Å². The largest absolute Gasteiger partial charge is 0.355 e. The van der Waals surface area contributed by atoms with Gasteiger partial charge in [-0.05, 0) is 42.0 Å². The van der Waals surface area contributed by atoms with Gasteiger partial charge in [0.15, 0.2) is 11.6 Å². The molecule has 3 heterocycles. The molecular weight excluding hydrogens is 407 g/mol. The molecule has 6 nitrogen and oxygen atoms in total. The number of H-pyrrole nitrogens is 1. The van der Waals surface area contributed by atoms with Crippen LogP contribution in [-0.4, -0.2) is 20.7 Å². The van der Waals surface area contributed by atoms with Gasteiger partial charge in [0.2, 0.25) is 0 Å². The highest BCUT2D eigenvalue weighted by Crippen LogP contribution is 2.29. The smallest absolute Gasteiger partial charge is 0.257 e. The van der Waals surface area contributed by atoms with Gasteiger partial charge < -0.3 is 10.3 Å². The van der Waals surface area contributed by atoms with Gasteiger partial charge in [-0.1, -0.05) is 30.3 Å². The number of halogens is 1. The Kier molecular flexibility index (Phi) is 4.91. The molecule has 0 saturated carbocycles. The summed E-state index contributed by atoms with van der Waals surface area (Å²) in [4.78, 5) is 35.7. The summed E-state index contributed by atoms with van der Waals surface area (Å²) in [6, 6.07) is 19.2. The number of nitrogens with zero attached hydrogens (tertiary/aromatic N) is 2. The Balaban J connectivity index is 1.44. The van der Waals surface area contributed by atoms with Crippen LogP contribution in [0.3, 0.4) is 0 Å². The number of benzene rings is 2. The van der Waals surface area contributed by atoms with Crippen LogP contribution >= 0.6 is 0 Å². The van der Waals surface area contributed by atoms with Crippen molar-refractivity contribution in [3.05, 3.63) is 107 Å². The SMILES string of the molecule is O=C(Cc1ccc(Nc2ccnc3[nH]c(=O)c4ccccc4c23)cc1)c1ncccc1F. The number of rotatable bonds is 5. The third kappa shape index (κ3) is 3.60. The molecule has 0 unspecified atom stereocenters. The lowest BCUT2D eigenvalue weighted by molar-refractivity contribution is 0.0984. The van der Waals surface area contributed by atoms with Gasteiger partial charge in [-0.3, -0.25) is 14.6 Å². The molecule has 0 spiro atoms. The molecule has 5 rings (SSSR count). The number of hydrogen-bond acceptors (Lipinski definition) is 5. The molecule has 0 bridgehead atoms. The first-order valence-electron chi connectivity index (χ1n) is 9.99. The van der Waals surface area contributed by atoms with Gasteiger partial charge in [0.05, 0.1) is 5.69 Å². The predicted octanol–water partition coefficient (Wildman–Crippen LogP) is 4.78. The van der Waals surface area contributed by atoms with Crippen LogP contribution in [0.15, 0.2) is 83.9 Å². The number of nitrogens with one attached hydrogen (secondary N) is 2. The first-order valence-corrected chi connectivity index (χ1v) is 9.99. The number of carbonyl (C=O) groups excluding carboxylic acids is 1. The van der Waals surface area contributed by atoms with Crippen LogP contribution in [0.5, 0.6) is 0 Å². The third-order valence-electron chi connectivity index (χ3n) is 5.24. The van der Waals surface area contributed by atoms with Gasteiger partial charge in [-0.15, -0.1) is 0 Å². The average molecular weight is 424 g/mol. The van der Waals surface area contributed by atoms with E-state index >= 15 is 0 Å². The maximum absolute atomic E-state index is 13.8. The first kappa shape index (κ1) is 19.6. The van der Waals surface area contributed by atoms with Gasteiger partial charge >= 0.3 is 0 Å². The van der Waals surface area contributed by atoms with Gasteiger partial charge in [0.1, 0.15) is 11.3 Å². The lowest BCUT2D eigenvalue weighted by Gasteiger charge is -2.12. The van der Waals surface area contributed by atoms with Gasteiger partial charge in [-0.2, -0.15) is 0 Å². The van der Waals surface area contributed by atoms with Crippen molar-refractivity contribution in [1.82, 2.24) is 15.0 Å².